The Morgan fingerprint density at radius 2 is 0.635 bits per heavy atom. The van der Waals surface area contributed by atoms with Crippen LogP contribution in [-0.2, 0) is 0 Å². The molecule has 0 heteroatoms. The summed E-state index contributed by atoms with van der Waals surface area (Å²) < 4.78 is 0. The molecule has 0 saturated carbocycles. The van der Waals surface area contributed by atoms with Crippen LogP contribution in [0.5, 0.6) is 0 Å². The van der Waals surface area contributed by atoms with Crippen LogP contribution in [-0.4, -0.2) is 0 Å². The predicted molar refractivity (Wildman–Crippen MR) is 226 cm³/mol. The molecule has 0 bridgehead atoms. The van der Waals surface area contributed by atoms with Crippen molar-refractivity contribution in [3.8, 4) is 33.4 Å². The maximum Gasteiger partial charge on any atom is -0.00139 e. The molecule has 0 aliphatic carbocycles. The highest BCUT2D eigenvalue weighted by atomic mass is 14.2. The molecule has 242 valence electrons. The summed E-state index contributed by atoms with van der Waals surface area (Å²) in [6.07, 6.45) is 4.41. The molecule has 0 radical (unpaired) electrons. The van der Waals surface area contributed by atoms with Crippen molar-refractivity contribution in [2.24, 2.45) is 0 Å². The van der Waals surface area contributed by atoms with E-state index >= 15 is 0 Å². The largest absolute Gasteiger partial charge is 0.0616 e. The molecule has 0 fully saturated rings. The fourth-order valence-electron chi connectivity index (χ4n) is 8.20. The Balaban J connectivity index is 1.05. The van der Waals surface area contributed by atoms with Crippen LogP contribution >= 0.6 is 0 Å². The van der Waals surface area contributed by atoms with E-state index in [1.165, 1.54) is 98.4 Å². The van der Waals surface area contributed by atoms with Gasteiger partial charge in [0.05, 0.1) is 0 Å². The van der Waals surface area contributed by atoms with E-state index in [9.17, 15) is 0 Å². The Morgan fingerprint density at radius 1 is 0.250 bits per heavy atom. The first kappa shape index (κ1) is 30.1. The van der Waals surface area contributed by atoms with Crippen LogP contribution in [0.25, 0.3) is 99.4 Å². The van der Waals surface area contributed by atoms with Gasteiger partial charge in [0.1, 0.15) is 0 Å². The molecule has 10 aromatic carbocycles. The highest BCUT2D eigenvalue weighted by Gasteiger charge is 2.19. The first-order valence-electron chi connectivity index (χ1n) is 18.0. The normalized spacial score (nSPS) is 11.8. The molecule has 0 amide bonds. The van der Waals surface area contributed by atoms with E-state index in [2.05, 4.69) is 206 Å². The van der Waals surface area contributed by atoms with Gasteiger partial charge in [-0.05, 0) is 104 Å². The molecule has 0 nitrogen and oxygen atoms in total. The fourth-order valence-corrected chi connectivity index (χ4v) is 8.20. The molecule has 0 aliphatic rings. The number of hydrogen-bond donors (Lipinski definition) is 0. The summed E-state index contributed by atoms with van der Waals surface area (Å²) in [5.41, 5.74) is 9.96. The zero-order valence-electron chi connectivity index (χ0n) is 28.6. The third-order valence-electron chi connectivity index (χ3n) is 10.6. The molecule has 52 heavy (non-hydrogen) atoms. The van der Waals surface area contributed by atoms with Crippen LogP contribution in [0.1, 0.15) is 11.1 Å². The van der Waals surface area contributed by atoms with Gasteiger partial charge in [-0.1, -0.05) is 200 Å². The minimum atomic E-state index is 1.18. The molecule has 0 N–H and O–H groups in total. The van der Waals surface area contributed by atoms with Crippen molar-refractivity contribution in [1.29, 1.82) is 0 Å². The van der Waals surface area contributed by atoms with Gasteiger partial charge in [-0.15, -0.1) is 0 Å². The average Bonchev–Trinajstić information content (AvgIpc) is 3.21. The number of fused-ring (bicyclic) bond motifs is 5. The fraction of sp³-hybridized carbons (Fsp3) is 0. The van der Waals surface area contributed by atoms with Crippen LogP contribution in [0, 0.1) is 0 Å². The Bertz CT molecular complexity index is 2860. The van der Waals surface area contributed by atoms with Crippen molar-refractivity contribution >= 4 is 66.0 Å². The van der Waals surface area contributed by atoms with Crippen molar-refractivity contribution in [1.82, 2.24) is 0 Å². The van der Waals surface area contributed by atoms with Crippen molar-refractivity contribution in [2.75, 3.05) is 0 Å². The third kappa shape index (κ3) is 5.08. The maximum absolute atomic E-state index is 2.32. The molecule has 0 aromatic heterocycles. The van der Waals surface area contributed by atoms with E-state index in [0.29, 0.717) is 0 Å². The third-order valence-corrected chi connectivity index (χ3v) is 10.6. The molecule has 0 saturated heterocycles. The van der Waals surface area contributed by atoms with Crippen molar-refractivity contribution in [2.45, 2.75) is 0 Å². The van der Waals surface area contributed by atoms with Gasteiger partial charge in [0.2, 0.25) is 0 Å². The summed E-state index contributed by atoms with van der Waals surface area (Å²) in [6, 6.07) is 70.9. The second-order valence-electron chi connectivity index (χ2n) is 13.6. The summed E-state index contributed by atoms with van der Waals surface area (Å²) in [6.45, 7) is 0. The molecule has 0 spiro atoms. The molecule has 10 aromatic rings. The van der Waals surface area contributed by atoms with E-state index in [1.54, 1.807) is 0 Å². The molecule has 0 aliphatic heterocycles. The van der Waals surface area contributed by atoms with Crippen LogP contribution in [0.3, 0.4) is 0 Å². The van der Waals surface area contributed by atoms with Gasteiger partial charge in [-0.25, -0.2) is 0 Å². The Kier molecular flexibility index (Phi) is 7.25. The summed E-state index contributed by atoms with van der Waals surface area (Å²) >= 11 is 0. The lowest BCUT2D eigenvalue weighted by molar-refractivity contribution is 1.62. The lowest BCUT2D eigenvalue weighted by atomic mass is 9.83. The van der Waals surface area contributed by atoms with Gasteiger partial charge in [0.25, 0.3) is 0 Å². The first-order valence-corrected chi connectivity index (χ1v) is 18.0. The predicted octanol–water partition coefficient (Wildman–Crippen LogP) is 14.6. The summed E-state index contributed by atoms with van der Waals surface area (Å²) in [5, 5.41) is 12.7. The SMILES string of the molecule is C(=Cc1ccc(-c2c3ccccc3c(-c3c4ccccc4cc4ccccc34)c3ccccc23)cc1)c1ccc(-c2cccc3ccccc23)cc1. The second kappa shape index (κ2) is 12.5. The van der Waals surface area contributed by atoms with Crippen LogP contribution in [0.2, 0.25) is 0 Å². The summed E-state index contributed by atoms with van der Waals surface area (Å²) in [4.78, 5) is 0. The van der Waals surface area contributed by atoms with Gasteiger partial charge in [-0.3, -0.25) is 0 Å². The molecule has 10 rings (SSSR count). The second-order valence-corrected chi connectivity index (χ2v) is 13.6. The zero-order chi connectivity index (χ0) is 34.4. The smallest absolute Gasteiger partial charge is 0.00139 e. The highest BCUT2D eigenvalue weighted by molar-refractivity contribution is 6.27. The van der Waals surface area contributed by atoms with Gasteiger partial charge >= 0.3 is 0 Å². The quantitative estimate of drug-likeness (QED) is 0.128. The zero-order valence-corrected chi connectivity index (χ0v) is 28.6. The van der Waals surface area contributed by atoms with Gasteiger partial charge in [0, 0.05) is 0 Å². The van der Waals surface area contributed by atoms with Gasteiger partial charge < -0.3 is 0 Å². The van der Waals surface area contributed by atoms with Crippen LogP contribution in [0.4, 0.5) is 0 Å². The van der Waals surface area contributed by atoms with Crippen LogP contribution in [0.15, 0.2) is 194 Å². The molecular weight excluding hydrogens is 625 g/mol. The van der Waals surface area contributed by atoms with Gasteiger partial charge in [-0.2, -0.15) is 0 Å². The van der Waals surface area contributed by atoms with E-state index in [-0.39, 0.29) is 0 Å². The lowest BCUT2D eigenvalue weighted by Crippen LogP contribution is -1.93. The Hall–Kier alpha value is -6.76. The number of hydrogen-bond acceptors (Lipinski definition) is 0. The topological polar surface area (TPSA) is 0 Å². The highest BCUT2D eigenvalue weighted by Crippen LogP contribution is 2.47. The minimum Gasteiger partial charge on any atom is -0.0616 e. The average molecular weight is 659 g/mol. The minimum absolute atomic E-state index is 1.18. The first-order chi connectivity index (χ1) is 25.8. The van der Waals surface area contributed by atoms with E-state index in [4.69, 9.17) is 0 Å². The monoisotopic (exact) mass is 658 g/mol. The number of rotatable bonds is 5. The molecule has 0 unspecified atom stereocenters. The standard InChI is InChI=1S/C52H34/c1-4-16-42-37(12-1)15-11-23-43(42)38-30-26-35(27-31-38)24-25-36-28-32-39(33-29-36)50-46-19-7-9-21-48(46)52(49-22-10-8-20-47(49)50)51-44-17-5-2-13-40(44)34-41-14-3-6-18-45(41)51/h1-34H. The Morgan fingerprint density at radius 3 is 1.17 bits per heavy atom. The van der Waals surface area contributed by atoms with Crippen molar-refractivity contribution in [3.05, 3.63) is 205 Å². The molecule has 0 atom stereocenters. The van der Waals surface area contributed by atoms with Crippen molar-refractivity contribution < 1.29 is 0 Å². The summed E-state index contributed by atoms with van der Waals surface area (Å²) in [7, 11) is 0. The Labute approximate surface area is 303 Å². The summed E-state index contributed by atoms with van der Waals surface area (Å²) in [5.74, 6) is 0. The molecular formula is C52H34. The lowest BCUT2D eigenvalue weighted by Gasteiger charge is -2.20. The van der Waals surface area contributed by atoms with E-state index in [0.717, 1.165) is 0 Å². The maximum atomic E-state index is 2.32. The van der Waals surface area contributed by atoms with E-state index < -0.39 is 0 Å². The number of benzene rings is 10. The van der Waals surface area contributed by atoms with E-state index in [1.807, 2.05) is 0 Å². The van der Waals surface area contributed by atoms with Crippen LogP contribution < -0.4 is 0 Å². The van der Waals surface area contributed by atoms with Gasteiger partial charge in [0.15, 0.2) is 0 Å². The molecule has 0 heterocycles. The van der Waals surface area contributed by atoms with Crippen molar-refractivity contribution in [3.63, 3.8) is 0 Å².